The fourth-order valence-corrected chi connectivity index (χ4v) is 1.44. The first-order chi connectivity index (χ1) is 7.17. The molecular weight excluding hydrogens is 192 g/mol. The second-order valence-electron chi connectivity index (χ2n) is 3.57. The zero-order valence-corrected chi connectivity index (χ0v) is 9.49. The predicted octanol–water partition coefficient (Wildman–Crippen LogP) is 2.02. The van der Waals surface area contributed by atoms with Gasteiger partial charge in [-0.15, -0.1) is 0 Å². The molecule has 1 atom stereocenters. The van der Waals surface area contributed by atoms with Gasteiger partial charge in [-0.05, 0) is 43.5 Å². The zero-order chi connectivity index (χ0) is 11.3. The van der Waals surface area contributed by atoms with Gasteiger partial charge < -0.3 is 14.6 Å². The molecule has 0 aromatic heterocycles. The third-order valence-corrected chi connectivity index (χ3v) is 2.32. The van der Waals surface area contributed by atoms with Gasteiger partial charge in [-0.1, -0.05) is 0 Å². The summed E-state index contributed by atoms with van der Waals surface area (Å²) in [5.74, 6) is 1.66. The van der Waals surface area contributed by atoms with Crippen molar-refractivity contribution in [3.8, 4) is 11.5 Å². The van der Waals surface area contributed by atoms with E-state index in [1.54, 1.807) is 21.1 Å². The molecule has 0 amide bonds. The molecule has 0 saturated carbocycles. The van der Waals surface area contributed by atoms with Crippen molar-refractivity contribution in [2.75, 3.05) is 14.2 Å². The van der Waals surface area contributed by atoms with Crippen LogP contribution in [0.2, 0.25) is 0 Å². The van der Waals surface area contributed by atoms with Crippen LogP contribution in [-0.4, -0.2) is 25.4 Å². The molecule has 0 heterocycles. The summed E-state index contributed by atoms with van der Waals surface area (Å²) in [6, 6.07) is 5.70. The van der Waals surface area contributed by atoms with Gasteiger partial charge in [0.1, 0.15) is 11.5 Å². The van der Waals surface area contributed by atoms with Crippen LogP contribution in [0.1, 0.15) is 18.9 Å². The Bertz CT molecular complexity index is 308. The largest absolute Gasteiger partial charge is 0.497 e. The van der Waals surface area contributed by atoms with Crippen molar-refractivity contribution in [1.82, 2.24) is 0 Å². The van der Waals surface area contributed by atoms with Gasteiger partial charge in [-0.3, -0.25) is 0 Å². The number of hydrogen-bond donors (Lipinski definition) is 1. The Labute approximate surface area is 90.6 Å². The fraction of sp³-hybridized carbons (Fsp3) is 0.500. The Balaban J connectivity index is 2.81. The van der Waals surface area contributed by atoms with Crippen LogP contribution in [-0.2, 0) is 6.42 Å². The molecule has 0 spiro atoms. The summed E-state index contributed by atoms with van der Waals surface area (Å²) in [6.45, 7) is 1.78. The zero-order valence-electron chi connectivity index (χ0n) is 9.49. The van der Waals surface area contributed by atoms with Crippen LogP contribution in [0.3, 0.4) is 0 Å². The highest BCUT2D eigenvalue weighted by Crippen LogP contribution is 2.25. The average molecular weight is 210 g/mol. The van der Waals surface area contributed by atoms with Crippen molar-refractivity contribution >= 4 is 0 Å². The SMILES string of the molecule is COc1ccc(OC)c(CC[C@@H](C)O)c1. The highest BCUT2D eigenvalue weighted by atomic mass is 16.5. The minimum atomic E-state index is -0.291. The van der Waals surface area contributed by atoms with Crippen molar-refractivity contribution in [1.29, 1.82) is 0 Å². The van der Waals surface area contributed by atoms with E-state index in [-0.39, 0.29) is 6.10 Å². The van der Waals surface area contributed by atoms with Crippen molar-refractivity contribution in [2.24, 2.45) is 0 Å². The number of hydrogen-bond acceptors (Lipinski definition) is 3. The molecule has 1 aromatic rings. The molecule has 0 saturated heterocycles. The quantitative estimate of drug-likeness (QED) is 0.808. The van der Waals surface area contributed by atoms with Gasteiger partial charge in [0, 0.05) is 0 Å². The number of benzene rings is 1. The maximum absolute atomic E-state index is 9.23. The van der Waals surface area contributed by atoms with Crippen LogP contribution in [0.5, 0.6) is 11.5 Å². The van der Waals surface area contributed by atoms with E-state index < -0.39 is 0 Å². The van der Waals surface area contributed by atoms with Crippen LogP contribution in [0.4, 0.5) is 0 Å². The second kappa shape index (κ2) is 5.61. The van der Waals surface area contributed by atoms with Crippen LogP contribution in [0.15, 0.2) is 18.2 Å². The summed E-state index contributed by atoms with van der Waals surface area (Å²) < 4.78 is 10.4. The fourth-order valence-electron chi connectivity index (χ4n) is 1.44. The van der Waals surface area contributed by atoms with Crippen LogP contribution < -0.4 is 9.47 Å². The summed E-state index contributed by atoms with van der Waals surface area (Å²) >= 11 is 0. The summed E-state index contributed by atoms with van der Waals surface area (Å²) in [7, 11) is 3.29. The Morgan fingerprint density at radius 3 is 2.53 bits per heavy atom. The Kier molecular flexibility index (Phi) is 4.43. The van der Waals surface area contributed by atoms with Gasteiger partial charge in [0.2, 0.25) is 0 Å². The van der Waals surface area contributed by atoms with E-state index >= 15 is 0 Å². The number of aryl methyl sites for hydroxylation is 1. The second-order valence-corrected chi connectivity index (χ2v) is 3.57. The first kappa shape index (κ1) is 11.9. The van der Waals surface area contributed by atoms with Gasteiger partial charge in [-0.25, -0.2) is 0 Å². The minimum absolute atomic E-state index is 0.291. The number of aliphatic hydroxyl groups is 1. The molecule has 0 bridgehead atoms. The maximum atomic E-state index is 9.23. The van der Waals surface area contributed by atoms with Gasteiger partial charge >= 0.3 is 0 Å². The number of methoxy groups -OCH3 is 2. The Hall–Kier alpha value is -1.22. The normalized spacial score (nSPS) is 12.3. The Morgan fingerprint density at radius 2 is 2.00 bits per heavy atom. The first-order valence-electron chi connectivity index (χ1n) is 5.06. The molecule has 0 unspecified atom stereocenters. The molecule has 0 radical (unpaired) electrons. The van der Waals surface area contributed by atoms with Gasteiger partial charge in [0.15, 0.2) is 0 Å². The van der Waals surface area contributed by atoms with E-state index in [0.29, 0.717) is 0 Å². The topological polar surface area (TPSA) is 38.7 Å². The third-order valence-electron chi connectivity index (χ3n) is 2.32. The summed E-state index contributed by atoms with van der Waals surface area (Å²) in [5, 5.41) is 9.23. The number of rotatable bonds is 5. The monoisotopic (exact) mass is 210 g/mol. The molecule has 3 heteroatoms. The lowest BCUT2D eigenvalue weighted by atomic mass is 10.1. The van der Waals surface area contributed by atoms with E-state index in [1.807, 2.05) is 18.2 Å². The lowest BCUT2D eigenvalue weighted by molar-refractivity contribution is 0.184. The highest BCUT2D eigenvalue weighted by Gasteiger charge is 2.06. The molecule has 15 heavy (non-hydrogen) atoms. The van der Waals surface area contributed by atoms with Gasteiger partial charge in [-0.2, -0.15) is 0 Å². The highest BCUT2D eigenvalue weighted by molar-refractivity contribution is 5.40. The average Bonchev–Trinajstić information content (AvgIpc) is 2.25. The summed E-state index contributed by atoms with van der Waals surface area (Å²) in [5.41, 5.74) is 1.07. The predicted molar refractivity (Wildman–Crippen MR) is 59.5 cm³/mol. The maximum Gasteiger partial charge on any atom is 0.122 e. The molecule has 0 fully saturated rings. The van der Waals surface area contributed by atoms with E-state index in [4.69, 9.17) is 9.47 Å². The van der Waals surface area contributed by atoms with Crippen LogP contribution >= 0.6 is 0 Å². The molecule has 1 aromatic carbocycles. The molecule has 84 valence electrons. The summed E-state index contributed by atoms with van der Waals surface area (Å²) in [4.78, 5) is 0. The number of ether oxygens (including phenoxy) is 2. The first-order valence-corrected chi connectivity index (χ1v) is 5.06. The lowest BCUT2D eigenvalue weighted by Crippen LogP contribution is -2.02. The van der Waals surface area contributed by atoms with Gasteiger partial charge in [0.25, 0.3) is 0 Å². The van der Waals surface area contributed by atoms with Crippen molar-refractivity contribution in [2.45, 2.75) is 25.9 Å². The van der Waals surface area contributed by atoms with Crippen LogP contribution in [0.25, 0.3) is 0 Å². The van der Waals surface area contributed by atoms with Crippen molar-refractivity contribution < 1.29 is 14.6 Å². The third kappa shape index (κ3) is 3.44. The van der Waals surface area contributed by atoms with E-state index in [2.05, 4.69) is 0 Å². The van der Waals surface area contributed by atoms with E-state index in [1.165, 1.54) is 0 Å². The van der Waals surface area contributed by atoms with E-state index in [9.17, 15) is 5.11 Å². The molecule has 0 aliphatic carbocycles. The Morgan fingerprint density at radius 1 is 1.27 bits per heavy atom. The molecule has 1 N–H and O–H groups in total. The molecule has 0 aliphatic rings. The smallest absolute Gasteiger partial charge is 0.122 e. The molecule has 0 aliphatic heterocycles. The molecular formula is C12H18O3. The van der Waals surface area contributed by atoms with Gasteiger partial charge in [0.05, 0.1) is 20.3 Å². The van der Waals surface area contributed by atoms with E-state index in [0.717, 1.165) is 29.9 Å². The van der Waals surface area contributed by atoms with Crippen LogP contribution in [0, 0.1) is 0 Å². The summed E-state index contributed by atoms with van der Waals surface area (Å²) in [6.07, 6.45) is 1.22. The molecule has 1 rings (SSSR count). The minimum Gasteiger partial charge on any atom is -0.497 e. The standard InChI is InChI=1S/C12H18O3/c1-9(13)4-5-10-8-11(14-2)6-7-12(10)15-3/h6-9,13H,4-5H2,1-3H3/t9-/m1/s1. The van der Waals surface area contributed by atoms with Crippen molar-refractivity contribution in [3.05, 3.63) is 23.8 Å². The number of aliphatic hydroxyl groups excluding tert-OH is 1. The lowest BCUT2D eigenvalue weighted by Gasteiger charge is -2.11. The molecule has 3 nitrogen and oxygen atoms in total. The van der Waals surface area contributed by atoms with Crippen molar-refractivity contribution in [3.63, 3.8) is 0 Å².